The van der Waals surface area contributed by atoms with Crippen molar-refractivity contribution in [3.63, 3.8) is 0 Å². The molecule has 10 heterocycles. The molecule has 4 saturated heterocycles. The molecular weight excluding hydrogens is 1460 g/mol. The summed E-state index contributed by atoms with van der Waals surface area (Å²) in [5.41, 5.74) is 4.73. The third-order valence-corrected chi connectivity index (χ3v) is 14.1. The fourth-order valence-electron chi connectivity index (χ4n) is 7.71. The van der Waals surface area contributed by atoms with Crippen LogP contribution in [0.15, 0.2) is 57.5 Å². The number of rotatable bonds is 5. The second-order valence-electron chi connectivity index (χ2n) is 30.3. The molecule has 6 aliphatic heterocycles. The number of benzene rings is 2. The molecule has 4 fully saturated rings. The average Bonchev–Trinajstić information content (AvgIpc) is 1.66. The van der Waals surface area contributed by atoms with Crippen molar-refractivity contribution >= 4 is 28.8 Å². The highest BCUT2D eigenvalue weighted by Gasteiger charge is 2.32. The molecule has 2 aromatic carbocycles. The number of morpholine rings is 1. The Morgan fingerprint density at radius 1 is 0.404 bits per heavy atom. The topological polar surface area (TPSA) is 234 Å². The van der Waals surface area contributed by atoms with Gasteiger partial charge >= 0.3 is 5.97 Å². The van der Waals surface area contributed by atoms with Crippen LogP contribution in [-0.2, 0) is 27.2 Å². The predicted octanol–water partition coefficient (Wildman–Crippen LogP) is 25.6. The lowest BCUT2D eigenvalue weighted by Gasteiger charge is -2.15. The molecule has 0 radical (unpaired) electrons. The zero-order chi connectivity index (χ0) is 89.8. The molecule has 6 aliphatic rings. The molecule has 6 aromatic rings. The van der Waals surface area contributed by atoms with Crippen LogP contribution in [0.1, 0.15) is 389 Å². The molecule has 672 valence electrons. The van der Waals surface area contributed by atoms with Crippen LogP contribution >= 0.6 is 22.9 Å². The molecule has 0 spiro atoms. The Bertz CT molecular complexity index is 2480. The van der Waals surface area contributed by atoms with Crippen LogP contribution in [0.2, 0.25) is 0 Å². The number of piperazine rings is 1. The molecule has 0 amide bonds. The average molecular weight is 1650 g/mol. The predicted molar refractivity (Wildman–Crippen MR) is 502 cm³/mol. The van der Waals surface area contributed by atoms with Gasteiger partial charge in [-0.2, -0.15) is 9.36 Å². The van der Waals surface area contributed by atoms with Crippen LogP contribution in [0.4, 0.5) is 0 Å². The van der Waals surface area contributed by atoms with Gasteiger partial charge in [0, 0.05) is 102 Å². The number of carbonyl (C=O) groups is 1. The number of carbonyl (C=O) groups excluding carboxylic acids is 1. The van der Waals surface area contributed by atoms with Gasteiger partial charge in [0.25, 0.3) is 0 Å². The van der Waals surface area contributed by atoms with E-state index in [-0.39, 0.29) is 12.1 Å². The number of fused-ring (bicyclic) bond motifs is 2. The first-order valence-corrected chi connectivity index (χ1v) is 46.0. The van der Waals surface area contributed by atoms with Crippen molar-refractivity contribution in [2.75, 3.05) is 85.3 Å². The third-order valence-electron chi connectivity index (χ3n) is 12.4. The Kier molecular flexibility index (Phi) is 104. The van der Waals surface area contributed by atoms with E-state index in [9.17, 15) is 4.79 Å². The van der Waals surface area contributed by atoms with Gasteiger partial charge in [-0.1, -0.05) is 310 Å². The van der Waals surface area contributed by atoms with Gasteiger partial charge in [0.15, 0.2) is 5.82 Å². The molecule has 0 saturated carbocycles. The number of aryl methyl sites for hydroxylation is 4. The Balaban J connectivity index is -0.000000148. The second kappa shape index (κ2) is 93.5. The number of aromatic nitrogens is 8. The molecule has 1 atom stereocenters. The summed E-state index contributed by atoms with van der Waals surface area (Å²) < 4.78 is 29.2. The van der Waals surface area contributed by atoms with Crippen molar-refractivity contribution in [2.45, 2.75) is 359 Å². The molecule has 0 bridgehead atoms. The SMILES string of the molecule is C1CCNCC1.C1CCOC1.C1CNCCN1.C1COCCN1.CC.CC.CC.CC.CC.CC.CC(C)C.CC(C)C.CC(C)C.CC(C)C.CC(C)C.CC(C)C1OC(=O)c2ccccc21.Cc1nc(C(C)C)no1.Cc1nc(C(C)C)ns1.Cc1nnc(C(C)C)o1.Cc1nnc(C(C)C)s1.c1ccc2c(c1)CCNC2. The standard InChI is InChI=1S/C11H12O2.C9H11N.2C6H10N2O.2C6H10N2S.C5H11N.C4H10N2.C4H9NO.C4H8O.5C4H10.6C2H6/c1-7(2)10-8-5-3-4-6-9(8)11(12)13-10;1-2-4-9-7-10-6-5-8(9)3-1;1-4(2)6-8-7-5(3)9-6;1-4(2)6-7-5(3)9-8-6;1-4(2)6-8-7-5(3)9-6;1-4(2)6-7-5(3)9-8-6;1-2-4-6-5-3-1;1-2-6-4-3-5-1;1-3-6-4-2-5-1;1-2-4-5-3-1;5*1-4(2)3;6*1-2/h3-7,10H,1-2H3;1-4,10H,5-7H2;4*4H,1-3H3;6H,1-5H2;5-6H,1-4H2;5H,1-4H2;1-4H2;5*4H,1-3H3;6*1-2H3. The highest BCUT2D eigenvalue weighted by molar-refractivity contribution is 7.11. The number of nitrogens with one attached hydrogen (secondary N) is 5. The van der Waals surface area contributed by atoms with Crippen LogP contribution in [-0.4, -0.2) is 131 Å². The maximum absolute atomic E-state index is 11.4. The van der Waals surface area contributed by atoms with Gasteiger partial charge in [-0.05, 0) is 130 Å². The van der Waals surface area contributed by atoms with E-state index in [1.165, 1.54) is 74.3 Å². The number of hydrogen-bond acceptors (Lipinski definition) is 21. The van der Waals surface area contributed by atoms with Crippen LogP contribution in [0.3, 0.4) is 0 Å². The zero-order valence-corrected chi connectivity index (χ0v) is 83.6. The zero-order valence-electron chi connectivity index (χ0n) is 82.0. The highest BCUT2D eigenvalue weighted by atomic mass is 32.1. The normalized spacial score (nSPS) is 13.9. The maximum atomic E-state index is 11.4. The highest BCUT2D eigenvalue weighted by Crippen LogP contribution is 2.35. The van der Waals surface area contributed by atoms with E-state index in [0.29, 0.717) is 47.3 Å². The van der Waals surface area contributed by atoms with Crippen LogP contribution in [0.25, 0.3) is 0 Å². The number of piperidine rings is 1. The number of cyclic esters (lactones) is 1. The Labute approximate surface area is 713 Å². The van der Waals surface area contributed by atoms with Crippen molar-refractivity contribution in [2.24, 2.45) is 35.5 Å². The van der Waals surface area contributed by atoms with E-state index in [2.05, 4.69) is 236 Å². The first kappa shape index (κ1) is 127. The molecule has 21 heteroatoms. The number of nitrogens with zero attached hydrogens (tertiary/aromatic N) is 8. The summed E-state index contributed by atoms with van der Waals surface area (Å²) in [6.07, 6.45) is 7.91. The van der Waals surface area contributed by atoms with Gasteiger partial charge in [-0.3, -0.25) is 0 Å². The number of hydrogen-bond donors (Lipinski definition) is 5. The summed E-state index contributed by atoms with van der Waals surface area (Å²) in [5.74, 6) is 9.76. The minimum Gasteiger partial charge on any atom is -0.454 e. The minimum absolute atomic E-state index is 0.0521. The maximum Gasteiger partial charge on any atom is 0.339 e. The lowest BCUT2D eigenvalue weighted by atomic mass is 9.97. The molecule has 1 unspecified atom stereocenters. The largest absolute Gasteiger partial charge is 0.454 e. The Hall–Kier alpha value is -4.97. The van der Waals surface area contributed by atoms with E-state index in [1.807, 2.05) is 149 Å². The summed E-state index contributed by atoms with van der Waals surface area (Å²) in [6, 6.07) is 16.2. The lowest BCUT2D eigenvalue weighted by molar-refractivity contribution is 0.0280. The van der Waals surface area contributed by atoms with Crippen molar-refractivity contribution in [1.29, 1.82) is 0 Å². The van der Waals surface area contributed by atoms with Gasteiger partial charge in [0.1, 0.15) is 27.0 Å². The van der Waals surface area contributed by atoms with Crippen molar-refractivity contribution in [3.05, 3.63) is 115 Å². The molecule has 4 aromatic heterocycles. The van der Waals surface area contributed by atoms with Crippen molar-refractivity contribution in [3.8, 4) is 0 Å². The molecular formula is C93H187N13O6S2. The number of ether oxygens (including phenoxy) is 3. The first-order chi connectivity index (χ1) is 54.1. The second-order valence-corrected chi connectivity index (χ2v) is 32.5. The van der Waals surface area contributed by atoms with E-state index in [1.54, 1.807) is 25.2 Å². The van der Waals surface area contributed by atoms with Crippen molar-refractivity contribution < 1.29 is 27.9 Å². The summed E-state index contributed by atoms with van der Waals surface area (Å²) in [7, 11) is 0. The summed E-state index contributed by atoms with van der Waals surface area (Å²) >= 11 is 3.15. The summed E-state index contributed by atoms with van der Waals surface area (Å²) in [5, 5.41) is 38.6. The number of esters is 1. The smallest absolute Gasteiger partial charge is 0.339 e. The Morgan fingerprint density at radius 2 is 0.833 bits per heavy atom. The van der Waals surface area contributed by atoms with Gasteiger partial charge in [0.05, 0.1) is 18.8 Å². The van der Waals surface area contributed by atoms with Gasteiger partial charge in [0.2, 0.25) is 17.7 Å². The fraction of sp³-hybridized carbons (Fsp3) is 0.774. The van der Waals surface area contributed by atoms with Gasteiger partial charge < -0.3 is 49.7 Å². The molecule has 12 rings (SSSR count). The molecule has 19 nitrogen and oxygen atoms in total. The molecule has 0 aliphatic carbocycles. The summed E-state index contributed by atoms with van der Waals surface area (Å²) in [6.45, 7) is 99.8. The van der Waals surface area contributed by atoms with Crippen LogP contribution in [0.5, 0.6) is 0 Å². The first-order valence-electron chi connectivity index (χ1n) is 44.4. The van der Waals surface area contributed by atoms with Crippen LogP contribution in [0, 0.1) is 63.2 Å². The molecule has 114 heavy (non-hydrogen) atoms. The monoisotopic (exact) mass is 1650 g/mol. The van der Waals surface area contributed by atoms with E-state index < -0.39 is 0 Å². The minimum atomic E-state index is -0.186. The quantitative estimate of drug-likeness (QED) is 0.101. The van der Waals surface area contributed by atoms with E-state index in [4.69, 9.17) is 23.2 Å². The van der Waals surface area contributed by atoms with Gasteiger partial charge in [-0.25, -0.2) is 9.78 Å². The third kappa shape index (κ3) is 90.9. The summed E-state index contributed by atoms with van der Waals surface area (Å²) in [4.78, 5) is 19.6. The fourth-order valence-corrected chi connectivity index (χ4v) is 9.02. The van der Waals surface area contributed by atoms with Crippen molar-refractivity contribution in [1.82, 2.24) is 66.5 Å². The van der Waals surface area contributed by atoms with E-state index in [0.717, 1.165) is 146 Å². The Morgan fingerprint density at radius 3 is 1.09 bits per heavy atom. The lowest BCUT2D eigenvalue weighted by Crippen LogP contribution is -2.39. The molecule has 5 N–H and O–H groups in total. The van der Waals surface area contributed by atoms with Crippen LogP contribution < -0.4 is 26.6 Å². The van der Waals surface area contributed by atoms with E-state index >= 15 is 0 Å². The van der Waals surface area contributed by atoms with Gasteiger partial charge in [-0.15, -0.1) is 31.7 Å².